The Morgan fingerprint density at radius 1 is 0.492 bits per heavy atom. The fourth-order valence-corrected chi connectivity index (χ4v) is 7.29. The summed E-state index contributed by atoms with van der Waals surface area (Å²) in [6.45, 7) is 25.3. The van der Waals surface area contributed by atoms with Crippen LogP contribution in [0.4, 0.5) is 14.4 Å². The highest BCUT2D eigenvalue weighted by Gasteiger charge is 2.32. The molecule has 0 atom stereocenters. The monoisotopic (exact) mass is 907 g/mol. The van der Waals surface area contributed by atoms with E-state index in [1.54, 1.807) is 20.8 Å². The number of hydrogen-bond donors (Lipinski definition) is 1. The molecule has 0 fully saturated rings. The van der Waals surface area contributed by atoms with Crippen molar-refractivity contribution in [1.29, 1.82) is 0 Å². The van der Waals surface area contributed by atoms with E-state index in [4.69, 9.17) is 24.1 Å². The van der Waals surface area contributed by atoms with Crippen molar-refractivity contribution in [2.24, 2.45) is 0 Å². The van der Waals surface area contributed by atoms with Crippen LogP contribution in [0.2, 0.25) is 0 Å². The Morgan fingerprint density at radius 3 is 1.16 bits per heavy atom. The molecule has 0 aromatic heterocycles. The summed E-state index contributed by atoms with van der Waals surface area (Å²) in [6, 6.07) is 17.4. The number of ether oxygens (including phenoxy) is 4. The molecule has 6 rings (SSSR count). The number of carboxylic acid groups (broad SMARTS) is 1. The van der Waals surface area contributed by atoms with Gasteiger partial charge in [0.15, 0.2) is 0 Å². The minimum absolute atomic E-state index is 0.0225. The van der Waals surface area contributed by atoms with Gasteiger partial charge in [-0.1, -0.05) is 64.5 Å². The van der Waals surface area contributed by atoms with Crippen LogP contribution in [0.25, 0.3) is 0 Å². The smallest absolute Gasteiger partial charge is 0.410 e. The number of amides is 3. The number of benzene rings is 3. The lowest BCUT2D eigenvalue weighted by molar-refractivity contribution is -0.154. The summed E-state index contributed by atoms with van der Waals surface area (Å²) in [7, 11) is 0. The quantitative estimate of drug-likeness (QED) is 0.198. The van der Waals surface area contributed by atoms with Gasteiger partial charge in [-0.05, 0) is 134 Å². The summed E-state index contributed by atoms with van der Waals surface area (Å²) in [5, 5.41) is 8.92. The third-order valence-corrected chi connectivity index (χ3v) is 9.88. The Balaban J connectivity index is 0.000000204. The molecular weight excluding hydrogens is 846 g/mol. The van der Waals surface area contributed by atoms with Crippen LogP contribution in [0.3, 0.4) is 0 Å². The molecule has 3 amide bonds. The molecule has 3 aromatic rings. The second-order valence-corrected chi connectivity index (χ2v) is 20.2. The van der Waals surface area contributed by atoms with Gasteiger partial charge < -0.3 is 24.1 Å². The van der Waals surface area contributed by atoms with Crippen molar-refractivity contribution < 1.29 is 48.0 Å². The van der Waals surface area contributed by atoms with Crippen LogP contribution >= 0.6 is 15.9 Å². The van der Waals surface area contributed by atoms with Crippen LogP contribution in [-0.2, 0) is 80.6 Å². The maximum absolute atomic E-state index is 12.3. The molecule has 3 aliphatic heterocycles. The van der Waals surface area contributed by atoms with E-state index in [9.17, 15) is 24.0 Å². The van der Waals surface area contributed by atoms with Crippen LogP contribution in [0.5, 0.6) is 0 Å². The Kier molecular flexibility index (Phi) is 15.4. The first-order valence-electron chi connectivity index (χ1n) is 20.4. The second-order valence-electron chi connectivity index (χ2n) is 19.3. The zero-order valence-corrected chi connectivity index (χ0v) is 39.3. The largest absolute Gasteiger partial charge is 0.481 e. The van der Waals surface area contributed by atoms with Gasteiger partial charge in [-0.3, -0.25) is 24.3 Å². The number of rotatable bonds is 4. The molecule has 3 aromatic carbocycles. The number of esters is 1. The van der Waals surface area contributed by atoms with E-state index in [1.165, 1.54) is 11.1 Å². The van der Waals surface area contributed by atoms with Crippen molar-refractivity contribution in [3.05, 3.63) is 104 Å². The molecule has 1 N–H and O–H groups in total. The Morgan fingerprint density at radius 2 is 0.820 bits per heavy atom. The Labute approximate surface area is 368 Å². The fourth-order valence-electron chi connectivity index (χ4n) is 6.76. The summed E-state index contributed by atoms with van der Waals surface area (Å²) in [4.78, 5) is 64.2. The summed E-state index contributed by atoms with van der Waals surface area (Å²) in [5.41, 5.74) is 6.05. The molecule has 14 heteroatoms. The molecule has 3 aliphatic rings. The van der Waals surface area contributed by atoms with Crippen molar-refractivity contribution in [2.75, 3.05) is 0 Å². The van der Waals surface area contributed by atoms with Gasteiger partial charge in [0.25, 0.3) is 0 Å². The van der Waals surface area contributed by atoms with Crippen LogP contribution < -0.4 is 0 Å². The Hall–Kier alpha value is -5.11. The summed E-state index contributed by atoms with van der Waals surface area (Å²) in [6.07, 6.45) is -0.758. The summed E-state index contributed by atoms with van der Waals surface area (Å²) >= 11 is 3.51. The molecule has 0 radical (unpaired) electrons. The van der Waals surface area contributed by atoms with Crippen LogP contribution in [0.1, 0.15) is 128 Å². The molecule has 0 spiro atoms. The van der Waals surface area contributed by atoms with Crippen molar-refractivity contribution in [3.63, 3.8) is 0 Å². The average Bonchev–Trinajstić information content (AvgIpc) is 3.84. The number of aliphatic carboxylic acids is 1. The van der Waals surface area contributed by atoms with Gasteiger partial charge in [-0.25, -0.2) is 14.4 Å². The number of fused-ring (bicyclic) bond motifs is 3. The van der Waals surface area contributed by atoms with Gasteiger partial charge in [0.1, 0.15) is 22.4 Å². The number of carboxylic acids is 1. The number of halogens is 1. The van der Waals surface area contributed by atoms with Gasteiger partial charge in [0, 0.05) is 37.2 Å². The van der Waals surface area contributed by atoms with E-state index < -0.39 is 28.4 Å². The number of nitrogens with zero attached hydrogens (tertiary/aromatic N) is 3. The highest BCUT2D eigenvalue weighted by atomic mass is 79.9. The zero-order chi connectivity index (χ0) is 45.7. The average molecular weight is 909 g/mol. The SMILES string of the molecule is CC(C)(C)OC(=O)Cc1cccc2c1CN(C(=O)OC(C)(C)C)C2.CC(C)(C)OC(=O)N1Cc2cccc(Br)c2C1.CC(C)(C)OC(=O)N1Cc2cccc(CC(=O)O)c2C1. The molecule has 0 saturated carbocycles. The molecular formula is C47H62BrN3O10. The van der Waals surface area contributed by atoms with E-state index in [1.807, 2.05) is 132 Å². The van der Waals surface area contributed by atoms with E-state index in [2.05, 4.69) is 15.9 Å². The van der Waals surface area contributed by atoms with E-state index >= 15 is 0 Å². The third kappa shape index (κ3) is 15.1. The molecule has 0 saturated heterocycles. The van der Waals surface area contributed by atoms with Crippen LogP contribution in [0, 0.1) is 0 Å². The first kappa shape index (κ1) is 48.6. The van der Waals surface area contributed by atoms with Crippen LogP contribution in [-0.4, -0.2) is 72.4 Å². The molecule has 3 heterocycles. The first-order valence-corrected chi connectivity index (χ1v) is 21.2. The molecule has 0 bridgehead atoms. The van der Waals surface area contributed by atoms with Crippen molar-refractivity contribution in [3.8, 4) is 0 Å². The molecule has 332 valence electrons. The molecule has 0 unspecified atom stereocenters. The van der Waals surface area contributed by atoms with E-state index in [0.29, 0.717) is 39.3 Å². The standard InChI is InChI=1S/C19H27NO4.C15H19NO4.C13H16BrNO2/c1-18(2,3)23-16(21)10-13-8-7-9-14-11-20(12-15(13)14)17(22)24-19(4,5)6;1-15(2,3)20-14(19)16-8-11-6-4-5-10(7-13(17)18)12(11)9-16;1-13(2,3)17-12(16)15-7-9-5-4-6-11(14)10(9)8-15/h7-9H,10-12H2,1-6H3;4-6H,7-9H2,1-3H3,(H,17,18);4-6H,7-8H2,1-3H3. The lowest BCUT2D eigenvalue weighted by atomic mass is 10.0. The maximum atomic E-state index is 12.3. The number of carbonyl (C=O) groups excluding carboxylic acids is 4. The first-order chi connectivity index (χ1) is 28.1. The van der Waals surface area contributed by atoms with E-state index in [-0.39, 0.29) is 37.1 Å². The van der Waals surface area contributed by atoms with Crippen molar-refractivity contribution in [1.82, 2.24) is 14.7 Å². The van der Waals surface area contributed by atoms with Gasteiger partial charge >= 0.3 is 30.2 Å². The van der Waals surface area contributed by atoms with Crippen LogP contribution in [0.15, 0.2) is 59.1 Å². The third-order valence-electron chi connectivity index (χ3n) is 9.14. The lowest BCUT2D eigenvalue weighted by Gasteiger charge is -2.24. The lowest BCUT2D eigenvalue weighted by Crippen LogP contribution is -2.33. The maximum Gasteiger partial charge on any atom is 0.410 e. The normalized spacial score (nSPS) is 14.3. The minimum atomic E-state index is -0.867. The van der Waals surface area contributed by atoms with Gasteiger partial charge in [-0.15, -0.1) is 0 Å². The highest BCUT2D eigenvalue weighted by molar-refractivity contribution is 9.10. The predicted octanol–water partition coefficient (Wildman–Crippen LogP) is 10.1. The topological polar surface area (TPSA) is 152 Å². The predicted molar refractivity (Wildman–Crippen MR) is 234 cm³/mol. The fraction of sp³-hybridized carbons (Fsp3) is 0.511. The second kappa shape index (κ2) is 19.3. The zero-order valence-electron chi connectivity index (χ0n) is 37.7. The van der Waals surface area contributed by atoms with Crippen molar-refractivity contribution in [2.45, 2.75) is 158 Å². The van der Waals surface area contributed by atoms with Gasteiger partial charge in [0.2, 0.25) is 0 Å². The molecule has 13 nitrogen and oxygen atoms in total. The minimum Gasteiger partial charge on any atom is -0.481 e. The number of hydrogen-bond acceptors (Lipinski definition) is 9. The van der Waals surface area contributed by atoms with E-state index in [0.717, 1.165) is 37.9 Å². The van der Waals surface area contributed by atoms with Crippen molar-refractivity contribution >= 4 is 46.1 Å². The van der Waals surface area contributed by atoms with Gasteiger partial charge in [0.05, 0.1) is 19.4 Å². The Bertz CT molecular complexity index is 2110. The van der Waals surface area contributed by atoms with Gasteiger partial charge in [-0.2, -0.15) is 0 Å². The summed E-state index contributed by atoms with van der Waals surface area (Å²) < 4.78 is 22.6. The molecule has 0 aliphatic carbocycles. The highest BCUT2D eigenvalue weighted by Crippen LogP contribution is 2.32. The summed E-state index contributed by atoms with van der Waals surface area (Å²) in [5.74, 6) is -1.12. The number of carbonyl (C=O) groups is 5. The molecule has 61 heavy (non-hydrogen) atoms.